The van der Waals surface area contributed by atoms with Crippen LogP contribution < -0.4 is 9.47 Å². The van der Waals surface area contributed by atoms with Gasteiger partial charge in [-0.2, -0.15) is 0 Å². The van der Waals surface area contributed by atoms with E-state index in [1.54, 1.807) is 7.11 Å². The Labute approximate surface area is 188 Å². The standard InChI is InChI=1S/C25H29N3O4/c1-4-16-10-18(9-15(2)23(16)31-14-20-13-30-20)24-27-28-25(32-24)19-11-21(17-7-5-6-8-17)26-22(12-19)29-3/h9-12,17,20H,4-8,13-14H2,1-3H3. The third-order valence-electron chi connectivity index (χ3n) is 6.27. The van der Waals surface area contributed by atoms with Crippen LogP contribution in [-0.4, -0.2) is 41.6 Å². The predicted molar refractivity (Wildman–Crippen MR) is 120 cm³/mol. The Balaban J connectivity index is 1.44. The van der Waals surface area contributed by atoms with Gasteiger partial charge < -0.3 is 18.6 Å². The molecule has 1 unspecified atom stereocenters. The van der Waals surface area contributed by atoms with Crippen molar-refractivity contribution in [3.05, 3.63) is 41.1 Å². The largest absolute Gasteiger partial charge is 0.490 e. The van der Waals surface area contributed by atoms with Crippen LogP contribution >= 0.6 is 0 Å². The predicted octanol–water partition coefficient (Wildman–Crippen LogP) is 5.11. The van der Waals surface area contributed by atoms with Crippen molar-refractivity contribution in [2.45, 2.75) is 58.0 Å². The topological polar surface area (TPSA) is 82.8 Å². The highest BCUT2D eigenvalue weighted by molar-refractivity contribution is 5.63. The molecule has 1 aromatic carbocycles. The Morgan fingerprint density at radius 3 is 2.41 bits per heavy atom. The lowest BCUT2D eigenvalue weighted by Gasteiger charge is -2.14. The van der Waals surface area contributed by atoms with Crippen LogP contribution in [0.15, 0.2) is 28.7 Å². The Morgan fingerprint density at radius 1 is 1.03 bits per heavy atom. The number of nitrogens with zero attached hydrogens (tertiary/aromatic N) is 3. The number of pyridine rings is 1. The van der Waals surface area contributed by atoms with E-state index in [0.29, 0.717) is 30.2 Å². The molecule has 0 bridgehead atoms. The van der Waals surface area contributed by atoms with Gasteiger partial charge in [0.15, 0.2) is 0 Å². The summed E-state index contributed by atoms with van der Waals surface area (Å²) in [7, 11) is 1.64. The minimum atomic E-state index is 0.226. The average molecular weight is 436 g/mol. The fourth-order valence-corrected chi connectivity index (χ4v) is 4.42. The van der Waals surface area contributed by atoms with Crippen molar-refractivity contribution >= 4 is 0 Å². The Kier molecular flexibility index (Phi) is 5.83. The zero-order chi connectivity index (χ0) is 22.1. The van der Waals surface area contributed by atoms with E-state index in [0.717, 1.165) is 59.6 Å². The van der Waals surface area contributed by atoms with E-state index in [1.165, 1.54) is 12.8 Å². The summed E-state index contributed by atoms with van der Waals surface area (Å²) in [6.45, 7) is 5.54. The molecule has 1 aliphatic heterocycles. The molecule has 5 rings (SSSR count). The van der Waals surface area contributed by atoms with Gasteiger partial charge >= 0.3 is 0 Å². The number of hydrogen-bond donors (Lipinski definition) is 0. The summed E-state index contributed by atoms with van der Waals surface area (Å²) in [5.74, 6) is 2.94. The number of aryl methyl sites for hydroxylation is 2. The van der Waals surface area contributed by atoms with Crippen molar-refractivity contribution in [2.24, 2.45) is 0 Å². The molecule has 0 amide bonds. The van der Waals surface area contributed by atoms with Crippen molar-refractivity contribution in [3.8, 4) is 34.5 Å². The van der Waals surface area contributed by atoms with Gasteiger partial charge in [0.2, 0.25) is 17.7 Å². The average Bonchev–Trinajstić information content (AvgIpc) is 3.27. The highest BCUT2D eigenvalue weighted by atomic mass is 16.6. The lowest BCUT2D eigenvalue weighted by Crippen LogP contribution is -2.07. The Bertz CT molecular complexity index is 1100. The molecule has 7 nitrogen and oxygen atoms in total. The number of rotatable bonds is 8. The van der Waals surface area contributed by atoms with E-state index in [9.17, 15) is 0 Å². The molecule has 3 heterocycles. The van der Waals surface area contributed by atoms with Crippen LogP contribution in [0.4, 0.5) is 0 Å². The molecular weight excluding hydrogens is 406 g/mol. The van der Waals surface area contributed by atoms with E-state index >= 15 is 0 Å². The highest BCUT2D eigenvalue weighted by Crippen LogP contribution is 2.37. The van der Waals surface area contributed by atoms with Crippen LogP contribution in [0.3, 0.4) is 0 Å². The van der Waals surface area contributed by atoms with Crippen molar-refractivity contribution in [1.29, 1.82) is 0 Å². The first-order valence-corrected chi connectivity index (χ1v) is 11.4. The molecule has 0 radical (unpaired) electrons. The fraction of sp³-hybridized carbons (Fsp3) is 0.480. The minimum Gasteiger partial charge on any atom is -0.490 e. The second kappa shape index (κ2) is 8.90. The third kappa shape index (κ3) is 4.35. The highest BCUT2D eigenvalue weighted by Gasteiger charge is 2.25. The van der Waals surface area contributed by atoms with Crippen LogP contribution in [0.5, 0.6) is 11.6 Å². The lowest BCUT2D eigenvalue weighted by atomic mass is 10.0. The van der Waals surface area contributed by atoms with Gasteiger partial charge in [0, 0.05) is 28.8 Å². The zero-order valence-corrected chi connectivity index (χ0v) is 18.9. The van der Waals surface area contributed by atoms with E-state index < -0.39 is 0 Å². The van der Waals surface area contributed by atoms with E-state index in [-0.39, 0.29) is 6.10 Å². The van der Waals surface area contributed by atoms with E-state index in [2.05, 4.69) is 34.2 Å². The smallest absolute Gasteiger partial charge is 0.248 e. The summed E-state index contributed by atoms with van der Waals surface area (Å²) in [4.78, 5) is 4.67. The maximum absolute atomic E-state index is 6.11. The molecule has 2 fully saturated rings. The van der Waals surface area contributed by atoms with Gasteiger partial charge in [-0.15, -0.1) is 10.2 Å². The summed E-state index contributed by atoms with van der Waals surface area (Å²) in [5, 5.41) is 8.67. The summed E-state index contributed by atoms with van der Waals surface area (Å²) in [6, 6.07) is 8.03. The second-order valence-corrected chi connectivity index (χ2v) is 8.62. The molecular formula is C25H29N3O4. The van der Waals surface area contributed by atoms with E-state index in [4.69, 9.17) is 18.6 Å². The van der Waals surface area contributed by atoms with Crippen molar-refractivity contribution in [2.75, 3.05) is 20.3 Å². The lowest BCUT2D eigenvalue weighted by molar-refractivity contribution is 0.260. The first-order valence-electron chi connectivity index (χ1n) is 11.4. The maximum atomic E-state index is 6.11. The maximum Gasteiger partial charge on any atom is 0.248 e. The quantitative estimate of drug-likeness (QED) is 0.455. The summed E-state index contributed by atoms with van der Waals surface area (Å²) in [5.41, 5.74) is 4.95. The number of ether oxygens (including phenoxy) is 3. The van der Waals surface area contributed by atoms with Crippen molar-refractivity contribution in [1.82, 2.24) is 15.2 Å². The molecule has 1 aliphatic carbocycles. The SMILES string of the molecule is CCc1cc(-c2nnc(-c3cc(OC)nc(C4CCCC4)c3)o2)cc(C)c1OCC1CO1. The van der Waals surface area contributed by atoms with Crippen LogP contribution in [0.2, 0.25) is 0 Å². The number of methoxy groups -OCH3 is 1. The molecule has 1 saturated heterocycles. The molecule has 168 valence electrons. The molecule has 2 aromatic heterocycles. The van der Waals surface area contributed by atoms with Gasteiger partial charge in [-0.3, -0.25) is 0 Å². The molecule has 1 saturated carbocycles. The van der Waals surface area contributed by atoms with Crippen molar-refractivity contribution < 1.29 is 18.6 Å². The number of benzene rings is 1. The zero-order valence-electron chi connectivity index (χ0n) is 18.9. The van der Waals surface area contributed by atoms with Gasteiger partial charge in [0.25, 0.3) is 0 Å². The number of aromatic nitrogens is 3. The van der Waals surface area contributed by atoms with Crippen LogP contribution in [-0.2, 0) is 11.2 Å². The molecule has 3 aromatic rings. The first kappa shape index (κ1) is 20.9. The fourth-order valence-electron chi connectivity index (χ4n) is 4.42. The van der Waals surface area contributed by atoms with E-state index in [1.807, 2.05) is 19.1 Å². The Hall–Kier alpha value is -2.93. The van der Waals surface area contributed by atoms with Crippen LogP contribution in [0.1, 0.15) is 55.3 Å². The molecule has 7 heteroatoms. The van der Waals surface area contributed by atoms with Gasteiger partial charge in [-0.1, -0.05) is 19.8 Å². The first-order chi connectivity index (χ1) is 15.6. The van der Waals surface area contributed by atoms with Gasteiger partial charge in [-0.25, -0.2) is 4.98 Å². The monoisotopic (exact) mass is 435 g/mol. The normalized spacial score (nSPS) is 18.2. The van der Waals surface area contributed by atoms with Crippen LogP contribution in [0, 0.1) is 6.92 Å². The molecule has 1 atom stereocenters. The van der Waals surface area contributed by atoms with Crippen LogP contribution in [0.25, 0.3) is 22.9 Å². The third-order valence-corrected chi connectivity index (χ3v) is 6.27. The molecule has 2 aliphatic rings. The molecule has 0 N–H and O–H groups in total. The summed E-state index contributed by atoms with van der Waals surface area (Å²) in [6.07, 6.45) is 5.89. The van der Waals surface area contributed by atoms with Crippen molar-refractivity contribution in [3.63, 3.8) is 0 Å². The van der Waals surface area contributed by atoms with Gasteiger partial charge in [0.1, 0.15) is 18.5 Å². The minimum absolute atomic E-state index is 0.226. The van der Waals surface area contributed by atoms with Gasteiger partial charge in [0.05, 0.1) is 13.7 Å². The number of hydrogen-bond acceptors (Lipinski definition) is 7. The Morgan fingerprint density at radius 2 is 1.75 bits per heavy atom. The molecule has 0 spiro atoms. The summed E-state index contributed by atoms with van der Waals surface area (Å²) < 4.78 is 22.8. The number of epoxide rings is 1. The molecule has 32 heavy (non-hydrogen) atoms. The summed E-state index contributed by atoms with van der Waals surface area (Å²) >= 11 is 0. The second-order valence-electron chi connectivity index (χ2n) is 8.62. The van der Waals surface area contributed by atoms with Gasteiger partial charge in [-0.05, 0) is 55.5 Å².